The molecule has 0 fully saturated rings. The molecule has 0 amide bonds. The lowest BCUT2D eigenvalue weighted by atomic mass is 10.2. The van der Waals surface area contributed by atoms with Gasteiger partial charge in [0.05, 0.1) is 13.0 Å². The molecule has 2 nitrogen and oxygen atoms in total. The van der Waals surface area contributed by atoms with Gasteiger partial charge < -0.3 is 4.74 Å². The van der Waals surface area contributed by atoms with Gasteiger partial charge in [0.2, 0.25) is 0 Å². The van der Waals surface area contributed by atoms with E-state index in [0.717, 1.165) is 10.0 Å². The highest BCUT2D eigenvalue weighted by Gasteiger charge is 1.96. The molecule has 0 aromatic heterocycles. The van der Waals surface area contributed by atoms with Crippen LogP contribution >= 0.6 is 15.9 Å². The van der Waals surface area contributed by atoms with E-state index in [4.69, 9.17) is 4.74 Å². The Morgan fingerprint density at radius 3 is 2.67 bits per heavy atom. The lowest BCUT2D eigenvalue weighted by Crippen LogP contribution is -2.01. The summed E-state index contributed by atoms with van der Waals surface area (Å²) in [6, 6.07) is 7.88. The molecular formula is C12H13BrO2. The van der Waals surface area contributed by atoms with Crippen LogP contribution in [0.4, 0.5) is 0 Å². The molecule has 0 radical (unpaired) electrons. The topological polar surface area (TPSA) is 26.3 Å². The number of hydrogen-bond acceptors (Lipinski definition) is 2. The zero-order valence-electron chi connectivity index (χ0n) is 8.57. The molecule has 0 saturated carbocycles. The molecule has 1 rings (SSSR count). The molecule has 0 spiro atoms. The average Bonchev–Trinajstić information content (AvgIpc) is 2.21. The fourth-order valence-corrected chi connectivity index (χ4v) is 1.35. The number of ether oxygens (including phenoxy) is 1. The van der Waals surface area contributed by atoms with Gasteiger partial charge >= 0.3 is 5.97 Å². The van der Waals surface area contributed by atoms with Gasteiger partial charge in [-0.2, -0.15) is 0 Å². The lowest BCUT2D eigenvalue weighted by molar-refractivity contribution is -0.142. The van der Waals surface area contributed by atoms with Crippen molar-refractivity contribution in [2.45, 2.75) is 13.3 Å². The van der Waals surface area contributed by atoms with E-state index in [-0.39, 0.29) is 5.97 Å². The van der Waals surface area contributed by atoms with Gasteiger partial charge in [-0.25, -0.2) is 0 Å². The summed E-state index contributed by atoms with van der Waals surface area (Å²) < 4.78 is 5.85. The third-order valence-corrected chi connectivity index (χ3v) is 2.30. The number of carbonyl (C=O) groups excluding carboxylic acids is 1. The SMILES string of the molecule is CCOC(=O)CC=Cc1ccc(Br)cc1. The van der Waals surface area contributed by atoms with Crippen LogP contribution in [0, 0.1) is 0 Å². The summed E-state index contributed by atoms with van der Waals surface area (Å²) in [6.07, 6.45) is 4.04. The summed E-state index contributed by atoms with van der Waals surface area (Å²) in [5.41, 5.74) is 1.07. The first-order valence-corrected chi connectivity index (χ1v) is 5.59. The first-order chi connectivity index (χ1) is 7.22. The Kier molecular flexibility index (Phi) is 5.12. The van der Waals surface area contributed by atoms with Crippen molar-refractivity contribution in [3.8, 4) is 0 Å². The molecule has 3 heteroatoms. The van der Waals surface area contributed by atoms with Gasteiger partial charge in [-0.05, 0) is 24.6 Å². The monoisotopic (exact) mass is 268 g/mol. The molecule has 0 atom stereocenters. The molecule has 0 heterocycles. The minimum absolute atomic E-state index is 0.189. The van der Waals surface area contributed by atoms with Crippen LogP contribution in [0.3, 0.4) is 0 Å². The van der Waals surface area contributed by atoms with Gasteiger partial charge in [-0.15, -0.1) is 0 Å². The summed E-state index contributed by atoms with van der Waals surface area (Å²) in [4.78, 5) is 11.0. The van der Waals surface area contributed by atoms with Gasteiger partial charge in [0.1, 0.15) is 0 Å². The smallest absolute Gasteiger partial charge is 0.309 e. The molecule has 0 aliphatic heterocycles. The highest BCUT2D eigenvalue weighted by atomic mass is 79.9. The maximum Gasteiger partial charge on any atom is 0.309 e. The van der Waals surface area contributed by atoms with E-state index in [0.29, 0.717) is 13.0 Å². The van der Waals surface area contributed by atoms with E-state index >= 15 is 0 Å². The van der Waals surface area contributed by atoms with Gasteiger partial charge in [-0.1, -0.05) is 40.2 Å². The van der Waals surface area contributed by atoms with Crippen LogP contribution < -0.4 is 0 Å². The fourth-order valence-electron chi connectivity index (χ4n) is 1.09. The number of rotatable bonds is 4. The quantitative estimate of drug-likeness (QED) is 0.783. The number of esters is 1. The lowest BCUT2D eigenvalue weighted by Gasteiger charge is -1.97. The number of carbonyl (C=O) groups is 1. The third-order valence-electron chi connectivity index (χ3n) is 1.77. The average molecular weight is 269 g/mol. The Balaban J connectivity index is 2.44. The molecule has 80 valence electrons. The number of benzene rings is 1. The van der Waals surface area contributed by atoms with Crippen LogP contribution in [0.5, 0.6) is 0 Å². The molecule has 0 N–H and O–H groups in total. The highest BCUT2D eigenvalue weighted by Crippen LogP contribution is 2.11. The Hall–Kier alpha value is -1.09. The van der Waals surface area contributed by atoms with Gasteiger partial charge in [-0.3, -0.25) is 4.79 Å². The standard InChI is InChI=1S/C12H13BrO2/c1-2-15-12(14)5-3-4-10-6-8-11(13)9-7-10/h3-4,6-9H,2,5H2,1H3. The molecule has 0 bridgehead atoms. The van der Waals surface area contributed by atoms with Crippen LogP contribution in [0.15, 0.2) is 34.8 Å². The molecule has 1 aromatic carbocycles. The summed E-state index contributed by atoms with van der Waals surface area (Å²) in [6.45, 7) is 2.24. The molecule has 0 saturated heterocycles. The molecule has 0 aliphatic carbocycles. The Morgan fingerprint density at radius 2 is 2.07 bits per heavy atom. The molecule has 0 aliphatic rings. The van der Waals surface area contributed by atoms with Crippen molar-refractivity contribution in [3.63, 3.8) is 0 Å². The maximum absolute atomic E-state index is 11.0. The van der Waals surface area contributed by atoms with E-state index in [2.05, 4.69) is 15.9 Å². The number of hydrogen-bond donors (Lipinski definition) is 0. The summed E-state index contributed by atoms with van der Waals surface area (Å²) in [7, 11) is 0. The van der Waals surface area contributed by atoms with Crippen LogP contribution in [0.25, 0.3) is 6.08 Å². The Morgan fingerprint density at radius 1 is 1.40 bits per heavy atom. The summed E-state index contributed by atoms with van der Waals surface area (Å²) in [5.74, 6) is -0.189. The van der Waals surface area contributed by atoms with Gasteiger partial charge in [0, 0.05) is 4.47 Å². The second kappa shape index (κ2) is 6.40. The fraction of sp³-hybridized carbons (Fsp3) is 0.250. The zero-order valence-corrected chi connectivity index (χ0v) is 10.2. The molecule has 0 unspecified atom stereocenters. The van der Waals surface area contributed by atoms with Crippen molar-refractivity contribution >= 4 is 28.0 Å². The maximum atomic E-state index is 11.0. The van der Waals surface area contributed by atoms with Crippen LogP contribution in [0.1, 0.15) is 18.9 Å². The van der Waals surface area contributed by atoms with Crippen LogP contribution in [-0.4, -0.2) is 12.6 Å². The Labute approximate surface area is 98.1 Å². The molecular weight excluding hydrogens is 256 g/mol. The van der Waals surface area contributed by atoms with Crippen molar-refractivity contribution in [2.75, 3.05) is 6.61 Å². The first-order valence-electron chi connectivity index (χ1n) is 4.80. The predicted molar refractivity (Wildman–Crippen MR) is 64.4 cm³/mol. The van der Waals surface area contributed by atoms with Gasteiger partial charge in [0.15, 0.2) is 0 Å². The van der Waals surface area contributed by atoms with Crippen LogP contribution in [0.2, 0.25) is 0 Å². The van der Waals surface area contributed by atoms with Crippen molar-refractivity contribution in [1.82, 2.24) is 0 Å². The molecule has 15 heavy (non-hydrogen) atoms. The Bertz CT molecular complexity index is 341. The van der Waals surface area contributed by atoms with E-state index < -0.39 is 0 Å². The minimum Gasteiger partial charge on any atom is -0.466 e. The normalized spacial score (nSPS) is 10.5. The third kappa shape index (κ3) is 4.79. The van der Waals surface area contributed by atoms with Crippen molar-refractivity contribution in [2.24, 2.45) is 0 Å². The van der Waals surface area contributed by atoms with E-state index in [1.807, 2.05) is 30.3 Å². The predicted octanol–water partition coefficient (Wildman–Crippen LogP) is 3.42. The van der Waals surface area contributed by atoms with E-state index in [9.17, 15) is 4.79 Å². The van der Waals surface area contributed by atoms with E-state index in [1.54, 1.807) is 13.0 Å². The highest BCUT2D eigenvalue weighted by molar-refractivity contribution is 9.10. The largest absolute Gasteiger partial charge is 0.466 e. The number of halogens is 1. The second-order valence-electron chi connectivity index (χ2n) is 2.96. The van der Waals surface area contributed by atoms with E-state index in [1.165, 1.54) is 0 Å². The molecule has 1 aromatic rings. The van der Waals surface area contributed by atoms with Crippen molar-refractivity contribution < 1.29 is 9.53 Å². The van der Waals surface area contributed by atoms with Crippen molar-refractivity contribution in [1.29, 1.82) is 0 Å². The minimum atomic E-state index is -0.189. The first kappa shape index (κ1) is 12.0. The zero-order chi connectivity index (χ0) is 11.1. The van der Waals surface area contributed by atoms with Gasteiger partial charge in [0.25, 0.3) is 0 Å². The summed E-state index contributed by atoms with van der Waals surface area (Å²) >= 11 is 3.36. The summed E-state index contributed by atoms with van der Waals surface area (Å²) in [5, 5.41) is 0. The van der Waals surface area contributed by atoms with Crippen molar-refractivity contribution in [3.05, 3.63) is 40.4 Å². The second-order valence-corrected chi connectivity index (χ2v) is 3.88. The van der Waals surface area contributed by atoms with Crippen LogP contribution in [-0.2, 0) is 9.53 Å².